The summed E-state index contributed by atoms with van der Waals surface area (Å²) in [6.45, 7) is 6.50. The number of esters is 1. The van der Waals surface area contributed by atoms with E-state index in [9.17, 15) is 9.59 Å². The van der Waals surface area contributed by atoms with Gasteiger partial charge in [-0.15, -0.1) is 0 Å². The van der Waals surface area contributed by atoms with E-state index >= 15 is 0 Å². The van der Waals surface area contributed by atoms with E-state index in [0.29, 0.717) is 13.0 Å². The van der Waals surface area contributed by atoms with Crippen LogP contribution in [0.3, 0.4) is 0 Å². The van der Waals surface area contributed by atoms with Gasteiger partial charge in [0.1, 0.15) is 0 Å². The fourth-order valence-electron chi connectivity index (χ4n) is 3.68. The van der Waals surface area contributed by atoms with Crippen LogP contribution in [-0.2, 0) is 14.3 Å². The summed E-state index contributed by atoms with van der Waals surface area (Å²) in [5.41, 5.74) is 0. The number of hydrogen-bond acceptors (Lipinski definition) is 3. The molecule has 0 aromatic carbocycles. The summed E-state index contributed by atoms with van der Waals surface area (Å²) >= 11 is 0. The highest BCUT2D eigenvalue weighted by Gasteiger charge is 1.95. The quantitative estimate of drug-likeness (QED) is 0.0823. The van der Waals surface area contributed by atoms with Crippen LogP contribution >= 0.6 is 0 Å². The summed E-state index contributed by atoms with van der Waals surface area (Å²) in [6, 6.07) is 0. The summed E-state index contributed by atoms with van der Waals surface area (Å²) in [4.78, 5) is 20.8. The first-order valence-corrected chi connectivity index (χ1v) is 14.7. The molecule has 0 atom stereocenters. The van der Waals surface area contributed by atoms with Crippen LogP contribution in [0, 0.1) is 0 Å². The van der Waals surface area contributed by atoms with Gasteiger partial charge in [0, 0.05) is 13.3 Å². The van der Waals surface area contributed by atoms with E-state index in [1.807, 2.05) is 0 Å². The minimum absolute atomic E-state index is 0.176. The predicted molar refractivity (Wildman–Crippen MR) is 151 cm³/mol. The van der Waals surface area contributed by atoms with Gasteiger partial charge in [0.05, 0.1) is 6.61 Å². The standard InChI is InChI=1S/C18H34O2.C13H24O2/c1-2-3-4-5-6-7-8-9-10-11-12-13-14-15-16-17-18(19)20;1-3-4-5-6-7-8-9-10-11-12-15-13(2)14/h11-12H,2-10,13-17H2,1H3,(H,19,20);7-8H,3-6,9-12H2,1-2H3/b12-11+;8-7-. The number of carboxylic acids is 1. The zero-order valence-corrected chi connectivity index (χ0v) is 23.5. The highest BCUT2D eigenvalue weighted by atomic mass is 16.5. The van der Waals surface area contributed by atoms with Crippen molar-refractivity contribution < 1.29 is 19.4 Å². The Kier molecular flexibility index (Phi) is 33.0. The Bertz CT molecular complexity index is 496. The Morgan fingerprint density at radius 1 is 0.571 bits per heavy atom. The minimum atomic E-state index is -0.671. The summed E-state index contributed by atoms with van der Waals surface area (Å²) in [6.07, 6.45) is 34.1. The van der Waals surface area contributed by atoms with Gasteiger partial charge in [-0.3, -0.25) is 9.59 Å². The number of rotatable bonds is 24. The maximum Gasteiger partial charge on any atom is 0.303 e. The van der Waals surface area contributed by atoms with E-state index in [4.69, 9.17) is 9.84 Å². The van der Waals surface area contributed by atoms with Crippen LogP contribution in [0.2, 0.25) is 0 Å². The van der Waals surface area contributed by atoms with Crippen molar-refractivity contribution >= 4 is 11.9 Å². The number of allylic oxidation sites excluding steroid dienone is 4. The normalized spacial score (nSPS) is 11.1. The number of unbranched alkanes of at least 4 members (excludes halogenated alkanes) is 16. The highest BCUT2D eigenvalue weighted by Crippen LogP contribution is 2.10. The maximum atomic E-state index is 10.4. The summed E-state index contributed by atoms with van der Waals surface area (Å²) in [7, 11) is 0. The molecule has 0 aliphatic carbocycles. The van der Waals surface area contributed by atoms with Gasteiger partial charge in [-0.05, 0) is 64.2 Å². The topological polar surface area (TPSA) is 63.6 Å². The Labute approximate surface area is 218 Å². The molecule has 0 fully saturated rings. The molecule has 1 N–H and O–H groups in total. The molecule has 0 unspecified atom stereocenters. The van der Waals surface area contributed by atoms with Gasteiger partial charge < -0.3 is 9.84 Å². The Morgan fingerprint density at radius 2 is 0.943 bits per heavy atom. The number of carbonyl (C=O) groups excluding carboxylic acids is 1. The lowest BCUT2D eigenvalue weighted by atomic mass is 10.1. The molecule has 0 saturated heterocycles. The molecule has 0 saturated carbocycles. The second-order valence-corrected chi connectivity index (χ2v) is 9.53. The minimum Gasteiger partial charge on any atom is -0.481 e. The maximum absolute atomic E-state index is 10.4. The van der Waals surface area contributed by atoms with E-state index in [2.05, 4.69) is 38.2 Å². The predicted octanol–water partition coefficient (Wildman–Crippen LogP) is 9.96. The molecule has 0 amide bonds. The van der Waals surface area contributed by atoms with Gasteiger partial charge in [0.25, 0.3) is 0 Å². The monoisotopic (exact) mass is 494 g/mol. The van der Waals surface area contributed by atoms with E-state index in [1.165, 1.54) is 90.4 Å². The fourth-order valence-corrected chi connectivity index (χ4v) is 3.68. The molecule has 206 valence electrons. The van der Waals surface area contributed by atoms with Crippen LogP contribution in [0.15, 0.2) is 24.3 Å². The second-order valence-electron chi connectivity index (χ2n) is 9.53. The van der Waals surface area contributed by atoms with Gasteiger partial charge in [0.2, 0.25) is 0 Å². The van der Waals surface area contributed by atoms with Crippen LogP contribution in [0.1, 0.15) is 156 Å². The molecule has 0 aliphatic heterocycles. The Balaban J connectivity index is 0. The first kappa shape index (κ1) is 35.6. The van der Waals surface area contributed by atoms with Crippen molar-refractivity contribution in [2.24, 2.45) is 0 Å². The molecule has 0 radical (unpaired) electrons. The largest absolute Gasteiger partial charge is 0.481 e. The van der Waals surface area contributed by atoms with Gasteiger partial charge >= 0.3 is 11.9 Å². The molecule has 0 aliphatic rings. The van der Waals surface area contributed by atoms with Crippen LogP contribution in [-0.4, -0.2) is 23.7 Å². The molecule has 0 rings (SSSR count). The number of ether oxygens (including phenoxy) is 1. The van der Waals surface area contributed by atoms with Crippen molar-refractivity contribution in [3.63, 3.8) is 0 Å². The molecule has 35 heavy (non-hydrogen) atoms. The number of carbonyl (C=O) groups is 2. The molecule has 0 aromatic rings. The third-order valence-corrected chi connectivity index (χ3v) is 5.86. The molecule has 4 heteroatoms. The van der Waals surface area contributed by atoms with Crippen molar-refractivity contribution in [3.8, 4) is 0 Å². The van der Waals surface area contributed by atoms with Gasteiger partial charge in [-0.2, -0.15) is 0 Å². The zero-order chi connectivity index (χ0) is 26.2. The van der Waals surface area contributed by atoms with E-state index in [1.54, 1.807) is 0 Å². The third-order valence-electron chi connectivity index (χ3n) is 5.86. The first-order chi connectivity index (χ1) is 17.0. The smallest absolute Gasteiger partial charge is 0.303 e. The second kappa shape index (κ2) is 32.4. The van der Waals surface area contributed by atoms with Crippen molar-refractivity contribution in [1.82, 2.24) is 0 Å². The number of aliphatic carboxylic acids is 1. The van der Waals surface area contributed by atoms with E-state index < -0.39 is 5.97 Å². The molecular formula is C31H58O4. The average molecular weight is 495 g/mol. The average Bonchev–Trinajstić information content (AvgIpc) is 2.83. The van der Waals surface area contributed by atoms with Crippen molar-refractivity contribution in [2.75, 3.05) is 6.61 Å². The molecule has 0 aromatic heterocycles. The molecule has 0 spiro atoms. The number of hydrogen-bond donors (Lipinski definition) is 1. The first-order valence-electron chi connectivity index (χ1n) is 14.7. The lowest BCUT2D eigenvalue weighted by molar-refractivity contribution is -0.141. The third kappa shape index (κ3) is 39.9. The van der Waals surface area contributed by atoms with Crippen molar-refractivity contribution in [2.45, 2.75) is 156 Å². The summed E-state index contributed by atoms with van der Waals surface area (Å²) < 4.78 is 4.84. The lowest BCUT2D eigenvalue weighted by Gasteiger charge is -2.00. The van der Waals surface area contributed by atoms with Crippen LogP contribution in [0.4, 0.5) is 0 Å². The van der Waals surface area contributed by atoms with Crippen LogP contribution in [0.25, 0.3) is 0 Å². The van der Waals surface area contributed by atoms with Gasteiger partial charge in [-0.1, -0.05) is 102 Å². The molecule has 0 bridgehead atoms. The van der Waals surface area contributed by atoms with E-state index in [0.717, 1.165) is 44.9 Å². The zero-order valence-electron chi connectivity index (χ0n) is 23.5. The molecular weight excluding hydrogens is 436 g/mol. The van der Waals surface area contributed by atoms with E-state index in [-0.39, 0.29) is 5.97 Å². The van der Waals surface area contributed by atoms with Crippen LogP contribution in [0.5, 0.6) is 0 Å². The summed E-state index contributed by atoms with van der Waals surface area (Å²) in [5.74, 6) is -0.847. The Morgan fingerprint density at radius 3 is 1.40 bits per heavy atom. The van der Waals surface area contributed by atoms with Crippen molar-refractivity contribution in [3.05, 3.63) is 24.3 Å². The molecule has 4 nitrogen and oxygen atoms in total. The van der Waals surface area contributed by atoms with Crippen molar-refractivity contribution in [1.29, 1.82) is 0 Å². The van der Waals surface area contributed by atoms with Gasteiger partial charge in [0.15, 0.2) is 0 Å². The fraction of sp³-hybridized carbons (Fsp3) is 0.806. The Hall–Kier alpha value is -1.58. The van der Waals surface area contributed by atoms with Gasteiger partial charge in [-0.25, -0.2) is 0 Å². The van der Waals surface area contributed by atoms with Crippen LogP contribution < -0.4 is 0 Å². The lowest BCUT2D eigenvalue weighted by Crippen LogP contribution is -1.99. The highest BCUT2D eigenvalue weighted by molar-refractivity contribution is 5.66. The SMILES string of the molecule is CCCCC/C=C\CCCCOC(C)=O.CCCCCCCCCC/C=C/CCCCCC(=O)O. The number of carboxylic acid groups (broad SMARTS) is 1. The molecule has 0 heterocycles. The summed E-state index contributed by atoms with van der Waals surface area (Å²) in [5, 5.41) is 8.50.